The molecule has 0 atom stereocenters. The minimum atomic E-state index is -5.39. The number of halogens is 3. The predicted octanol–water partition coefficient (Wildman–Crippen LogP) is 4.39. The Kier molecular flexibility index (Phi) is 4.19. The number of aryl methyl sites for hydroxylation is 2. The lowest BCUT2D eigenvalue weighted by atomic mass is 10.1. The molecule has 2 aromatic carbocycles. The molecular formula is C15H13F3O3S. The Labute approximate surface area is 126 Å². The molecule has 0 saturated carbocycles. The molecule has 0 spiro atoms. The summed E-state index contributed by atoms with van der Waals surface area (Å²) in [6.07, 6.45) is 0. The van der Waals surface area contributed by atoms with E-state index in [1.165, 1.54) is 12.1 Å². The third-order valence-electron chi connectivity index (χ3n) is 2.85. The molecule has 0 heterocycles. The van der Waals surface area contributed by atoms with Gasteiger partial charge < -0.3 is 4.74 Å². The van der Waals surface area contributed by atoms with Gasteiger partial charge in [0.2, 0.25) is 0 Å². The van der Waals surface area contributed by atoms with E-state index in [-0.39, 0.29) is 5.75 Å². The van der Waals surface area contributed by atoms with Gasteiger partial charge in [-0.2, -0.15) is 13.2 Å². The zero-order chi connectivity index (χ0) is 16.5. The fourth-order valence-corrected chi connectivity index (χ4v) is 2.76. The van der Waals surface area contributed by atoms with Crippen LogP contribution in [-0.4, -0.2) is 13.9 Å². The molecule has 7 heteroatoms. The van der Waals surface area contributed by atoms with E-state index in [1.54, 1.807) is 12.1 Å². The van der Waals surface area contributed by atoms with E-state index in [0.717, 1.165) is 23.3 Å². The molecule has 3 nitrogen and oxygen atoms in total. The van der Waals surface area contributed by atoms with Crippen LogP contribution in [0.15, 0.2) is 47.4 Å². The smallest absolute Gasteiger partial charge is 0.457 e. The fourth-order valence-electron chi connectivity index (χ4n) is 1.97. The van der Waals surface area contributed by atoms with E-state index in [2.05, 4.69) is 0 Å². The number of ether oxygens (including phenoxy) is 1. The number of alkyl halides is 3. The van der Waals surface area contributed by atoms with Crippen LogP contribution in [0.3, 0.4) is 0 Å². The molecule has 0 amide bonds. The normalized spacial score (nSPS) is 12.2. The van der Waals surface area contributed by atoms with Gasteiger partial charge >= 0.3 is 5.51 Å². The number of hydrogen-bond acceptors (Lipinski definition) is 3. The average molecular weight is 330 g/mol. The van der Waals surface area contributed by atoms with Crippen molar-refractivity contribution >= 4 is 9.84 Å². The van der Waals surface area contributed by atoms with Crippen LogP contribution in [0.1, 0.15) is 11.1 Å². The molecule has 0 aliphatic heterocycles. The van der Waals surface area contributed by atoms with Gasteiger partial charge in [-0.15, -0.1) is 0 Å². The van der Waals surface area contributed by atoms with Crippen molar-refractivity contribution in [1.29, 1.82) is 0 Å². The van der Waals surface area contributed by atoms with E-state index < -0.39 is 20.2 Å². The maximum atomic E-state index is 12.6. The standard InChI is InChI=1S/C15H13F3O3S/c1-10-6-11(2)8-13(7-10)21-12-4-3-5-14(9-12)22(19,20)15(16,17)18/h3-9H,1-2H3. The van der Waals surface area contributed by atoms with Crippen LogP contribution >= 0.6 is 0 Å². The van der Waals surface area contributed by atoms with Crippen LogP contribution in [0, 0.1) is 13.8 Å². The highest BCUT2D eigenvalue weighted by molar-refractivity contribution is 7.92. The van der Waals surface area contributed by atoms with Crippen molar-refractivity contribution in [2.75, 3.05) is 0 Å². The number of rotatable bonds is 3. The zero-order valence-corrected chi connectivity index (χ0v) is 12.6. The van der Waals surface area contributed by atoms with Crippen molar-refractivity contribution in [2.45, 2.75) is 24.3 Å². The quantitative estimate of drug-likeness (QED) is 0.838. The van der Waals surface area contributed by atoms with Crippen LogP contribution in [0.4, 0.5) is 13.2 Å². The lowest BCUT2D eigenvalue weighted by molar-refractivity contribution is -0.0436. The van der Waals surface area contributed by atoms with Crippen LogP contribution in [0.25, 0.3) is 0 Å². The summed E-state index contributed by atoms with van der Waals surface area (Å²) in [4.78, 5) is -0.845. The first kappa shape index (κ1) is 16.4. The maximum Gasteiger partial charge on any atom is 0.501 e. The van der Waals surface area contributed by atoms with E-state index in [0.29, 0.717) is 5.75 Å². The summed E-state index contributed by atoms with van der Waals surface area (Å²) in [7, 11) is -5.39. The average Bonchev–Trinajstić information content (AvgIpc) is 2.36. The summed E-state index contributed by atoms with van der Waals surface area (Å²) in [6, 6.07) is 9.68. The van der Waals surface area contributed by atoms with E-state index in [1.807, 2.05) is 19.9 Å². The SMILES string of the molecule is Cc1cc(C)cc(Oc2cccc(S(=O)(=O)C(F)(F)F)c2)c1. The van der Waals surface area contributed by atoms with E-state index in [9.17, 15) is 21.6 Å². The van der Waals surface area contributed by atoms with Crippen molar-refractivity contribution in [3.8, 4) is 11.5 Å². The highest BCUT2D eigenvalue weighted by atomic mass is 32.2. The zero-order valence-electron chi connectivity index (χ0n) is 11.8. The molecule has 118 valence electrons. The number of hydrogen-bond donors (Lipinski definition) is 0. The molecule has 22 heavy (non-hydrogen) atoms. The third kappa shape index (κ3) is 3.41. The molecule has 2 rings (SSSR count). The maximum absolute atomic E-state index is 12.6. The molecule has 0 bridgehead atoms. The van der Waals surface area contributed by atoms with E-state index >= 15 is 0 Å². The molecule has 0 radical (unpaired) electrons. The van der Waals surface area contributed by atoms with Crippen molar-refractivity contribution < 1.29 is 26.3 Å². The second kappa shape index (κ2) is 5.64. The minimum absolute atomic E-state index is 0.0234. The van der Waals surface area contributed by atoms with Crippen molar-refractivity contribution in [2.24, 2.45) is 0 Å². The Bertz CT molecular complexity index is 776. The molecule has 2 aromatic rings. The summed E-state index contributed by atoms with van der Waals surface area (Å²) in [5.41, 5.74) is -3.49. The summed E-state index contributed by atoms with van der Waals surface area (Å²) in [5.74, 6) is 0.453. The van der Waals surface area contributed by atoms with Gasteiger partial charge in [-0.25, -0.2) is 8.42 Å². The Morgan fingerprint density at radius 1 is 0.909 bits per heavy atom. The van der Waals surface area contributed by atoms with Crippen LogP contribution in [-0.2, 0) is 9.84 Å². The monoisotopic (exact) mass is 330 g/mol. The minimum Gasteiger partial charge on any atom is -0.457 e. The Hall–Kier alpha value is -2.02. The van der Waals surface area contributed by atoms with Gasteiger partial charge in [-0.05, 0) is 55.3 Å². The van der Waals surface area contributed by atoms with Gasteiger partial charge in [0.05, 0.1) is 4.90 Å². The van der Waals surface area contributed by atoms with Crippen molar-refractivity contribution in [3.05, 3.63) is 53.6 Å². The van der Waals surface area contributed by atoms with Crippen LogP contribution in [0.5, 0.6) is 11.5 Å². The lowest BCUT2D eigenvalue weighted by Gasteiger charge is -2.11. The molecule has 0 N–H and O–H groups in total. The van der Waals surface area contributed by atoms with Gasteiger partial charge in [0.15, 0.2) is 0 Å². The topological polar surface area (TPSA) is 43.4 Å². The first-order chi connectivity index (χ1) is 10.1. The first-order valence-electron chi connectivity index (χ1n) is 6.27. The van der Waals surface area contributed by atoms with E-state index in [4.69, 9.17) is 4.74 Å². The summed E-state index contributed by atoms with van der Waals surface area (Å²) >= 11 is 0. The van der Waals surface area contributed by atoms with Crippen LogP contribution < -0.4 is 4.74 Å². The Morgan fingerprint density at radius 3 is 2.05 bits per heavy atom. The third-order valence-corrected chi connectivity index (χ3v) is 4.34. The number of benzene rings is 2. The molecule has 0 fully saturated rings. The Morgan fingerprint density at radius 2 is 1.50 bits per heavy atom. The highest BCUT2D eigenvalue weighted by Gasteiger charge is 2.46. The van der Waals surface area contributed by atoms with Crippen molar-refractivity contribution in [1.82, 2.24) is 0 Å². The predicted molar refractivity (Wildman–Crippen MR) is 75.7 cm³/mol. The van der Waals surface area contributed by atoms with Crippen LogP contribution in [0.2, 0.25) is 0 Å². The summed E-state index contributed by atoms with van der Waals surface area (Å²) in [5, 5.41) is 0. The second-order valence-electron chi connectivity index (χ2n) is 4.85. The molecule has 0 unspecified atom stereocenters. The van der Waals surface area contributed by atoms with Gasteiger partial charge in [0, 0.05) is 0 Å². The van der Waals surface area contributed by atoms with Gasteiger partial charge in [0.25, 0.3) is 9.84 Å². The summed E-state index contributed by atoms with van der Waals surface area (Å²) in [6.45, 7) is 3.70. The largest absolute Gasteiger partial charge is 0.501 e. The molecule has 0 saturated heterocycles. The van der Waals surface area contributed by atoms with Gasteiger partial charge in [-0.1, -0.05) is 12.1 Å². The van der Waals surface area contributed by atoms with Crippen molar-refractivity contribution in [3.63, 3.8) is 0 Å². The summed E-state index contributed by atoms with van der Waals surface area (Å²) < 4.78 is 65.9. The molecular weight excluding hydrogens is 317 g/mol. The number of sulfone groups is 1. The lowest BCUT2D eigenvalue weighted by Crippen LogP contribution is -2.23. The van der Waals surface area contributed by atoms with Gasteiger partial charge in [-0.3, -0.25) is 0 Å². The highest BCUT2D eigenvalue weighted by Crippen LogP contribution is 2.33. The van der Waals surface area contributed by atoms with Gasteiger partial charge in [0.1, 0.15) is 11.5 Å². The Balaban J connectivity index is 2.37. The second-order valence-corrected chi connectivity index (χ2v) is 6.79. The fraction of sp³-hybridized carbons (Fsp3) is 0.200. The molecule has 0 aliphatic rings. The molecule has 0 aromatic heterocycles. The molecule has 0 aliphatic carbocycles. The first-order valence-corrected chi connectivity index (χ1v) is 7.75.